The highest BCUT2D eigenvalue weighted by Crippen LogP contribution is 2.37. The van der Waals surface area contributed by atoms with Crippen LogP contribution in [0.2, 0.25) is 0 Å². The van der Waals surface area contributed by atoms with Crippen LogP contribution in [0.5, 0.6) is 0 Å². The van der Waals surface area contributed by atoms with E-state index in [4.69, 9.17) is 10.1 Å². The molecule has 8 heteroatoms. The Labute approximate surface area is 228 Å². The minimum absolute atomic E-state index is 0.0798. The summed E-state index contributed by atoms with van der Waals surface area (Å²) in [6.45, 7) is 9.46. The van der Waals surface area contributed by atoms with Crippen LogP contribution in [-0.4, -0.2) is 41.5 Å². The maximum atomic E-state index is 14.5. The van der Waals surface area contributed by atoms with Crippen LogP contribution in [0, 0.1) is 5.41 Å². The third kappa shape index (κ3) is 6.66. The molecule has 0 aliphatic carbocycles. The summed E-state index contributed by atoms with van der Waals surface area (Å²) < 4.78 is 19.5. The first kappa shape index (κ1) is 27.9. The molecule has 3 aromatic rings. The van der Waals surface area contributed by atoms with E-state index in [-0.39, 0.29) is 24.7 Å². The number of alkyl halides is 1. The number of urea groups is 1. The van der Waals surface area contributed by atoms with E-state index in [0.717, 1.165) is 35.2 Å². The van der Waals surface area contributed by atoms with Crippen molar-refractivity contribution in [1.82, 2.24) is 15.2 Å². The molecule has 2 amide bonds. The fraction of sp³-hybridized carbons (Fsp3) is 0.433. The summed E-state index contributed by atoms with van der Waals surface area (Å²) in [5.74, 6) is 0.319. The number of thiazole rings is 1. The van der Waals surface area contributed by atoms with E-state index in [1.165, 1.54) is 21.8 Å². The molecule has 2 aromatic carbocycles. The predicted molar refractivity (Wildman–Crippen MR) is 152 cm³/mol. The van der Waals surface area contributed by atoms with Gasteiger partial charge in [0.2, 0.25) is 5.67 Å². The highest BCUT2D eigenvalue weighted by molar-refractivity contribution is 7.10. The maximum absolute atomic E-state index is 14.5. The normalized spacial score (nSPS) is 14.6. The Morgan fingerprint density at radius 2 is 1.79 bits per heavy atom. The molecule has 0 bridgehead atoms. The minimum Gasteiger partial charge on any atom is -0.374 e. The summed E-state index contributed by atoms with van der Waals surface area (Å²) in [7, 11) is 0. The summed E-state index contributed by atoms with van der Waals surface area (Å²) >= 11 is 1.33. The summed E-state index contributed by atoms with van der Waals surface area (Å²) in [6.07, 6.45) is 2.08. The predicted octanol–water partition coefficient (Wildman–Crippen LogP) is 6.83. The van der Waals surface area contributed by atoms with Crippen molar-refractivity contribution in [1.29, 1.82) is 5.41 Å². The second-order valence-electron chi connectivity index (χ2n) is 10.8. The molecule has 1 fully saturated rings. The Balaban J connectivity index is 1.23. The number of nitrogens with one attached hydrogen (secondary N) is 2. The molecule has 1 aliphatic heterocycles. The lowest BCUT2D eigenvalue weighted by Gasteiger charge is -2.31. The number of amides is 2. The van der Waals surface area contributed by atoms with Gasteiger partial charge in [-0.2, -0.15) is 0 Å². The van der Waals surface area contributed by atoms with Gasteiger partial charge in [-0.3, -0.25) is 10.3 Å². The van der Waals surface area contributed by atoms with Gasteiger partial charge in [0.25, 0.3) is 0 Å². The van der Waals surface area contributed by atoms with E-state index >= 15 is 0 Å². The Hall–Kier alpha value is -3.10. The Morgan fingerprint density at radius 3 is 2.37 bits per heavy atom. The van der Waals surface area contributed by atoms with E-state index in [9.17, 15) is 9.18 Å². The fourth-order valence-corrected chi connectivity index (χ4v) is 5.20. The van der Waals surface area contributed by atoms with Gasteiger partial charge in [-0.05, 0) is 41.9 Å². The van der Waals surface area contributed by atoms with E-state index in [2.05, 4.69) is 43.2 Å². The topological polar surface area (TPSA) is 78.3 Å². The molecule has 0 atom stereocenters. The van der Waals surface area contributed by atoms with Crippen LogP contribution in [0.4, 0.5) is 9.18 Å². The first-order valence-electron chi connectivity index (χ1n) is 13.1. The molecule has 2 N–H and O–H groups in total. The molecule has 0 radical (unpaired) electrons. The van der Waals surface area contributed by atoms with Crippen molar-refractivity contribution in [2.45, 2.75) is 64.6 Å². The molecule has 1 aromatic heterocycles. The van der Waals surface area contributed by atoms with Gasteiger partial charge in [0.1, 0.15) is 10.8 Å². The van der Waals surface area contributed by atoms with Crippen LogP contribution in [0.3, 0.4) is 0 Å². The van der Waals surface area contributed by atoms with Gasteiger partial charge in [-0.25, -0.2) is 14.2 Å². The molecule has 1 aliphatic rings. The standard InChI is InChI=1S/C30H37FN4O2S/c1-5-35(28(36)33-17-22-11-15-24(16-12-22)29(2,3)4)26(32)8-6-7-21-9-13-23(14-10-21)25-18-38-27(34-25)30(31)19-37-20-30/h9-16,18,32H,5-8,17,19-20H2,1-4H3,(H,33,36). The van der Waals surface area contributed by atoms with Gasteiger partial charge in [0, 0.05) is 30.5 Å². The number of carbonyl (C=O) groups is 1. The third-order valence-corrected chi connectivity index (χ3v) is 7.85. The second-order valence-corrected chi connectivity index (χ2v) is 11.7. The van der Waals surface area contributed by atoms with Crippen LogP contribution in [0.25, 0.3) is 11.3 Å². The minimum atomic E-state index is -1.44. The highest BCUT2D eigenvalue weighted by atomic mass is 32.1. The third-order valence-electron chi connectivity index (χ3n) is 6.83. The SMILES string of the molecule is CCN(C(=N)CCCc1ccc(-c2csc(C3(F)COC3)n2)cc1)C(=O)NCc1ccc(C(C)(C)C)cc1. The lowest BCUT2D eigenvalue weighted by molar-refractivity contribution is -0.135. The average molecular weight is 537 g/mol. The van der Waals surface area contributed by atoms with Crippen LogP contribution in [0.1, 0.15) is 62.2 Å². The van der Waals surface area contributed by atoms with Gasteiger partial charge < -0.3 is 10.1 Å². The lowest BCUT2D eigenvalue weighted by Crippen LogP contribution is -2.43. The number of hydrogen-bond acceptors (Lipinski definition) is 5. The van der Waals surface area contributed by atoms with Gasteiger partial charge in [-0.1, -0.05) is 69.3 Å². The first-order chi connectivity index (χ1) is 18.1. The summed E-state index contributed by atoms with van der Waals surface area (Å²) in [5.41, 5.74) is 3.82. The number of aromatic nitrogens is 1. The largest absolute Gasteiger partial charge is 0.374 e. The molecule has 38 heavy (non-hydrogen) atoms. The molecule has 0 spiro atoms. The number of ether oxygens (including phenoxy) is 1. The van der Waals surface area contributed by atoms with Crippen molar-refractivity contribution < 1.29 is 13.9 Å². The number of halogens is 1. The van der Waals surface area contributed by atoms with Gasteiger partial charge in [0.05, 0.1) is 18.9 Å². The van der Waals surface area contributed by atoms with Crippen LogP contribution < -0.4 is 5.32 Å². The highest BCUT2D eigenvalue weighted by Gasteiger charge is 2.43. The number of benzene rings is 2. The lowest BCUT2D eigenvalue weighted by atomic mass is 9.87. The van der Waals surface area contributed by atoms with Crippen molar-refractivity contribution in [2.75, 3.05) is 19.8 Å². The molecule has 2 heterocycles. The molecule has 0 unspecified atom stereocenters. The van der Waals surface area contributed by atoms with E-state index in [0.29, 0.717) is 30.4 Å². The number of aryl methyl sites for hydroxylation is 1. The first-order valence-corrected chi connectivity index (χ1v) is 14.0. The van der Waals surface area contributed by atoms with E-state index in [1.54, 1.807) is 0 Å². The van der Waals surface area contributed by atoms with Gasteiger partial charge in [-0.15, -0.1) is 11.3 Å². The molecular formula is C30H37FN4O2S. The number of amidine groups is 1. The maximum Gasteiger partial charge on any atom is 0.323 e. The van der Waals surface area contributed by atoms with Crippen molar-refractivity contribution in [3.05, 3.63) is 75.6 Å². The van der Waals surface area contributed by atoms with E-state index < -0.39 is 5.67 Å². The zero-order valence-corrected chi connectivity index (χ0v) is 23.5. The Morgan fingerprint density at radius 1 is 1.13 bits per heavy atom. The molecule has 202 valence electrons. The number of nitrogens with zero attached hydrogens (tertiary/aromatic N) is 2. The summed E-state index contributed by atoms with van der Waals surface area (Å²) in [6, 6.07) is 16.1. The molecule has 6 nitrogen and oxygen atoms in total. The molecular weight excluding hydrogens is 499 g/mol. The summed E-state index contributed by atoms with van der Waals surface area (Å²) in [4.78, 5) is 18.7. The number of hydrogen-bond donors (Lipinski definition) is 2. The smallest absolute Gasteiger partial charge is 0.323 e. The summed E-state index contributed by atoms with van der Waals surface area (Å²) in [5, 5.41) is 13.8. The number of rotatable bonds is 9. The van der Waals surface area contributed by atoms with Crippen molar-refractivity contribution in [2.24, 2.45) is 0 Å². The van der Waals surface area contributed by atoms with Crippen molar-refractivity contribution in [3.63, 3.8) is 0 Å². The zero-order valence-electron chi connectivity index (χ0n) is 22.6. The molecule has 1 saturated heterocycles. The monoisotopic (exact) mass is 536 g/mol. The quantitative estimate of drug-likeness (QED) is 0.232. The van der Waals surface area contributed by atoms with Crippen LogP contribution >= 0.6 is 11.3 Å². The van der Waals surface area contributed by atoms with Crippen molar-refractivity contribution >= 4 is 23.2 Å². The molecule has 4 rings (SSSR count). The second kappa shape index (κ2) is 11.7. The van der Waals surface area contributed by atoms with E-state index in [1.807, 2.05) is 48.7 Å². The van der Waals surface area contributed by atoms with Gasteiger partial charge >= 0.3 is 6.03 Å². The zero-order chi connectivity index (χ0) is 27.3. The fourth-order valence-electron chi connectivity index (χ4n) is 4.31. The average Bonchev–Trinajstić information content (AvgIpc) is 3.37. The van der Waals surface area contributed by atoms with Crippen molar-refractivity contribution in [3.8, 4) is 11.3 Å². The van der Waals surface area contributed by atoms with Gasteiger partial charge in [0.15, 0.2) is 0 Å². The van der Waals surface area contributed by atoms with Crippen LogP contribution in [-0.2, 0) is 28.8 Å². The molecule has 0 saturated carbocycles. The van der Waals surface area contributed by atoms with Crippen LogP contribution in [0.15, 0.2) is 53.9 Å². The number of carbonyl (C=O) groups excluding carboxylic acids is 1. The Kier molecular flexibility index (Phi) is 8.63. The Bertz CT molecular complexity index is 1240.